The van der Waals surface area contributed by atoms with Crippen molar-refractivity contribution < 1.29 is 9.59 Å². The fourth-order valence-corrected chi connectivity index (χ4v) is 3.26. The van der Waals surface area contributed by atoms with Crippen LogP contribution in [-0.4, -0.2) is 17.5 Å². The van der Waals surface area contributed by atoms with Gasteiger partial charge in [-0.3, -0.25) is 9.59 Å². The van der Waals surface area contributed by atoms with E-state index in [0.29, 0.717) is 17.0 Å². The molecule has 6 heteroatoms. The Labute approximate surface area is 151 Å². The van der Waals surface area contributed by atoms with Crippen LogP contribution in [0.2, 0.25) is 0 Å². The van der Waals surface area contributed by atoms with Crippen LogP contribution in [0, 0.1) is 11.3 Å². The highest BCUT2D eigenvalue weighted by Gasteiger charge is 2.28. The molecule has 0 bridgehead atoms. The average Bonchev–Trinajstić information content (AvgIpc) is 2.52. The lowest BCUT2D eigenvalue weighted by atomic mass is 9.72. The highest BCUT2D eigenvalue weighted by atomic mass is 79.9. The van der Waals surface area contributed by atoms with Gasteiger partial charge in [-0.05, 0) is 55.2 Å². The summed E-state index contributed by atoms with van der Waals surface area (Å²) in [5.41, 5.74) is 4.19. The van der Waals surface area contributed by atoms with Crippen LogP contribution in [0.1, 0.15) is 46.5 Å². The summed E-state index contributed by atoms with van der Waals surface area (Å²) in [5, 5.41) is 6.67. The third-order valence-electron chi connectivity index (χ3n) is 4.39. The molecule has 0 atom stereocenters. The quantitative estimate of drug-likeness (QED) is 0.586. The summed E-state index contributed by atoms with van der Waals surface area (Å²) in [5.74, 6) is -0.798. The number of hydrazone groups is 1. The van der Waals surface area contributed by atoms with Crippen LogP contribution in [0.25, 0.3) is 0 Å². The lowest BCUT2D eigenvalue weighted by Gasteiger charge is -2.34. The van der Waals surface area contributed by atoms with Crippen LogP contribution in [0.15, 0.2) is 33.8 Å². The Morgan fingerprint density at radius 1 is 1.17 bits per heavy atom. The van der Waals surface area contributed by atoms with Gasteiger partial charge in [-0.25, -0.2) is 5.43 Å². The molecule has 1 aliphatic rings. The Morgan fingerprint density at radius 2 is 1.83 bits per heavy atom. The lowest BCUT2D eigenvalue weighted by molar-refractivity contribution is -0.136. The smallest absolute Gasteiger partial charge is 0.318 e. The maximum atomic E-state index is 11.9. The molecule has 1 aromatic carbocycles. The van der Waals surface area contributed by atoms with E-state index in [1.165, 1.54) is 0 Å². The van der Waals surface area contributed by atoms with Crippen LogP contribution >= 0.6 is 15.9 Å². The summed E-state index contributed by atoms with van der Waals surface area (Å²) >= 11 is 3.32. The van der Waals surface area contributed by atoms with Gasteiger partial charge in [0.05, 0.1) is 0 Å². The van der Waals surface area contributed by atoms with Crippen LogP contribution in [0.5, 0.6) is 0 Å². The second-order valence-electron chi connectivity index (χ2n) is 7.22. The van der Waals surface area contributed by atoms with Gasteiger partial charge < -0.3 is 5.32 Å². The second kappa shape index (κ2) is 7.92. The van der Waals surface area contributed by atoms with Crippen molar-refractivity contribution in [3.8, 4) is 0 Å². The molecule has 1 aromatic rings. The van der Waals surface area contributed by atoms with Gasteiger partial charge in [-0.2, -0.15) is 5.10 Å². The van der Waals surface area contributed by atoms with Crippen molar-refractivity contribution in [3.63, 3.8) is 0 Å². The number of hydrogen-bond donors (Lipinski definition) is 2. The number of anilines is 1. The first kappa shape index (κ1) is 18.6. The summed E-state index contributed by atoms with van der Waals surface area (Å²) in [4.78, 5) is 23.7. The van der Waals surface area contributed by atoms with Crippen molar-refractivity contribution in [2.24, 2.45) is 16.4 Å². The fraction of sp³-hybridized carbons (Fsp3) is 0.500. The minimum Gasteiger partial charge on any atom is -0.318 e. The first-order valence-electron chi connectivity index (χ1n) is 8.18. The van der Waals surface area contributed by atoms with Gasteiger partial charge in [0.2, 0.25) is 0 Å². The topological polar surface area (TPSA) is 70.6 Å². The number of nitrogens with zero attached hydrogens (tertiary/aromatic N) is 1. The molecule has 24 heavy (non-hydrogen) atoms. The van der Waals surface area contributed by atoms with Crippen LogP contribution in [0.4, 0.5) is 5.69 Å². The summed E-state index contributed by atoms with van der Waals surface area (Å²) in [6.07, 6.45) is 3.88. The number of hydrogen-bond acceptors (Lipinski definition) is 3. The SMILES string of the molecule is CC(C)(C)C1CCC(=NNC(=O)C(=O)Nc2cccc(Br)c2)CC1. The van der Waals surface area contributed by atoms with Gasteiger partial charge in [0.25, 0.3) is 0 Å². The first-order chi connectivity index (χ1) is 11.3. The van der Waals surface area contributed by atoms with Gasteiger partial charge in [-0.15, -0.1) is 0 Å². The molecule has 1 fully saturated rings. The number of amides is 2. The summed E-state index contributed by atoms with van der Waals surface area (Å²) in [6, 6.07) is 7.07. The van der Waals surface area contributed by atoms with E-state index >= 15 is 0 Å². The van der Waals surface area contributed by atoms with E-state index in [1.54, 1.807) is 18.2 Å². The number of halogens is 1. The Hall–Kier alpha value is -1.69. The zero-order chi connectivity index (χ0) is 17.7. The van der Waals surface area contributed by atoms with Gasteiger partial charge in [-0.1, -0.05) is 42.8 Å². The van der Waals surface area contributed by atoms with Crippen molar-refractivity contribution in [2.45, 2.75) is 46.5 Å². The molecule has 0 saturated heterocycles. The highest BCUT2D eigenvalue weighted by Crippen LogP contribution is 2.36. The third-order valence-corrected chi connectivity index (χ3v) is 4.89. The molecule has 2 N–H and O–H groups in total. The number of nitrogens with one attached hydrogen (secondary N) is 2. The molecule has 0 spiro atoms. The van der Waals surface area contributed by atoms with E-state index in [0.717, 1.165) is 35.9 Å². The Morgan fingerprint density at radius 3 is 2.42 bits per heavy atom. The Balaban J connectivity index is 1.83. The zero-order valence-electron chi connectivity index (χ0n) is 14.4. The first-order valence-corrected chi connectivity index (χ1v) is 8.97. The molecule has 0 radical (unpaired) electrons. The molecule has 0 heterocycles. The van der Waals surface area contributed by atoms with E-state index in [2.05, 4.69) is 52.5 Å². The maximum Gasteiger partial charge on any atom is 0.329 e. The number of carbonyl (C=O) groups is 2. The monoisotopic (exact) mass is 393 g/mol. The van der Waals surface area contributed by atoms with Crippen molar-refractivity contribution in [1.29, 1.82) is 0 Å². The Bertz CT molecular complexity index is 640. The zero-order valence-corrected chi connectivity index (χ0v) is 15.9. The predicted molar refractivity (Wildman–Crippen MR) is 99.8 cm³/mol. The van der Waals surface area contributed by atoms with Crippen LogP contribution in [-0.2, 0) is 9.59 Å². The highest BCUT2D eigenvalue weighted by molar-refractivity contribution is 9.10. The van der Waals surface area contributed by atoms with Crippen LogP contribution in [0.3, 0.4) is 0 Å². The minimum absolute atomic E-state index is 0.304. The van der Waals surface area contributed by atoms with Gasteiger partial charge in [0, 0.05) is 15.9 Å². The molecule has 2 amide bonds. The lowest BCUT2D eigenvalue weighted by Crippen LogP contribution is -2.33. The summed E-state index contributed by atoms with van der Waals surface area (Å²) in [7, 11) is 0. The molecule has 0 aliphatic heterocycles. The second-order valence-corrected chi connectivity index (χ2v) is 8.14. The number of rotatable bonds is 2. The molecular formula is C18H24BrN3O2. The number of benzene rings is 1. The van der Waals surface area contributed by atoms with Gasteiger partial charge in [0.15, 0.2) is 0 Å². The van der Waals surface area contributed by atoms with Crippen LogP contribution < -0.4 is 10.7 Å². The minimum atomic E-state index is -0.750. The van der Waals surface area contributed by atoms with Gasteiger partial charge in [0.1, 0.15) is 0 Å². The molecule has 1 aliphatic carbocycles. The van der Waals surface area contributed by atoms with E-state index < -0.39 is 11.8 Å². The van der Waals surface area contributed by atoms with Crippen molar-refractivity contribution in [1.82, 2.24) is 5.43 Å². The standard InChI is InChI=1S/C18H24BrN3O2/c1-18(2,3)12-7-9-14(10-8-12)21-22-17(24)16(23)20-15-6-4-5-13(19)11-15/h4-6,11-12H,7-10H2,1-3H3,(H,20,23)(H,22,24). The van der Waals surface area contributed by atoms with Gasteiger partial charge >= 0.3 is 11.8 Å². The maximum absolute atomic E-state index is 11.9. The van der Waals surface area contributed by atoms with Crippen molar-refractivity contribution >= 4 is 39.1 Å². The van der Waals surface area contributed by atoms with Crippen molar-refractivity contribution in [3.05, 3.63) is 28.7 Å². The average molecular weight is 394 g/mol. The molecule has 130 valence electrons. The largest absolute Gasteiger partial charge is 0.329 e. The number of carbonyl (C=O) groups excluding carboxylic acids is 2. The Kier molecular flexibility index (Phi) is 6.15. The summed E-state index contributed by atoms with van der Waals surface area (Å²) in [6.45, 7) is 6.77. The third kappa shape index (κ3) is 5.44. The molecule has 0 aromatic heterocycles. The summed E-state index contributed by atoms with van der Waals surface area (Å²) < 4.78 is 0.830. The molecular weight excluding hydrogens is 370 g/mol. The van der Waals surface area contributed by atoms with E-state index in [1.807, 2.05) is 6.07 Å². The molecule has 2 rings (SSSR count). The van der Waals surface area contributed by atoms with E-state index in [9.17, 15) is 9.59 Å². The van der Waals surface area contributed by atoms with Crippen molar-refractivity contribution in [2.75, 3.05) is 5.32 Å². The molecule has 0 unspecified atom stereocenters. The molecule has 1 saturated carbocycles. The predicted octanol–water partition coefficient (Wildman–Crippen LogP) is 4.10. The molecule has 5 nitrogen and oxygen atoms in total. The van der Waals surface area contributed by atoms with E-state index in [4.69, 9.17) is 0 Å². The normalized spacial score (nSPS) is 18.0. The fourth-order valence-electron chi connectivity index (χ4n) is 2.86. The van der Waals surface area contributed by atoms with E-state index in [-0.39, 0.29) is 0 Å².